The second-order valence-electron chi connectivity index (χ2n) is 3.00. The molecule has 0 bridgehead atoms. The van der Waals surface area contributed by atoms with Crippen LogP contribution in [0.4, 0.5) is 5.69 Å². The number of nitro benzene ring substituents is 1. The van der Waals surface area contributed by atoms with Gasteiger partial charge in [0.25, 0.3) is 10.9 Å². The van der Waals surface area contributed by atoms with E-state index in [0.29, 0.717) is 16.4 Å². The highest BCUT2D eigenvalue weighted by molar-refractivity contribution is 7.99. The van der Waals surface area contributed by atoms with Crippen molar-refractivity contribution in [1.29, 1.82) is 0 Å². The van der Waals surface area contributed by atoms with E-state index in [0.717, 1.165) is 0 Å². The SMILES string of the molecule is O=Cc1cc(Sc2ncco2)ccc1[N+](=O)[O-]. The Balaban J connectivity index is 2.31. The highest BCUT2D eigenvalue weighted by Gasteiger charge is 2.14. The number of aromatic nitrogens is 1. The van der Waals surface area contributed by atoms with E-state index in [1.54, 1.807) is 6.07 Å². The molecule has 0 aliphatic carbocycles. The van der Waals surface area contributed by atoms with Crippen LogP contribution in [0.5, 0.6) is 0 Å². The summed E-state index contributed by atoms with van der Waals surface area (Å²) in [6, 6.07) is 4.26. The van der Waals surface area contributed by atoms with Crippen LogP contribution in [-0.2, 0) is 0 Å². The quantitative estimate of drug-likeness (QED) is 0.471. The summed E-state index contributed by atoms with van der Waals surface area (Å²) in [7, 11) is 0. The molecule has 0 saturated carbocycles. The van der Waals surface area contributed by atoms with Crippen LogP contribution in [0.2, 0.25) is 0 Å². The Morgan fingerprint density at radius 3 is 2.88 bits per heavy atom. The van der Waals surface area contributed by atoms with Crippen molar-refractivity contribution in [3.05, 3.63) is 46.3 Å². The second-order valence-corrected chi connectivity index (χ2v) is 4.02. The second kappa shape index (κ2) is 4.79. The Kier molecular flexibility index (Phi) is 3.20. The number of aldehydes is 1. The molecule has 2 aromatic rings. The molecule has 0 unspecified atom stereocenters. The lowest BCUT2D eigenvalue weighted by atomic mass is 10.2. The molecule has 0 atom stereocenters. The maximum absolute atomic E-state index is 10.7. The third-order valence-electron chi connectivity index (χ3n) is 1.94. The fraction of sp³-hybridized carbons (Fsp3) is 0. The molecule has 2 rings (SSSR count). The molecule has 6 nitrogen and oxygen atoms in total. The molecule has 17 heavy (non-hydrogen) atoms. The Labute approximate surface area is 99.8 Å². The molecule has 0 aliphatic rings. The maximum Gasteiger partial charge on any atom is 0.279 e. The minimum absolute atomic E-state index is 0.0338. The zero-order valence-corrected chi connectivity index (χ0v) is 9.22. The van der Waals surface area contributed by atoms with Crippen molar-refractivity contribution in [3.8, 4) is 0 Å². The lowest BCUT2D eigenvalue weighted by Gasteiger charge is -1.99. The van der Waals surface area contributed by atoms with Crippen molar-refractivity contribution in [2.24, 2.45) is 0 Å². The standard InChI is InChI=1S/C10H6N2O4S/c13-6-7-5-8(1-2-9(7)12(14)15)17-10-11-3-4-16-10/h1-6H. The van der Waals surface area contributed by atoms with E-state index in [4.69, 9.17) is 4.42 Å². The molecular formula is C10H6N2O4S. The van der Waals surface area contributed by atoms with Crippen molar-refractivity contribution in [2.75, 3.05) is 0 Å². The summed E-state index contributed by atoms with van der Waals surface area (Å²) in [5, 5.41) is 11.0. The number of benzene rings is 1. The molecule has 0 spiro atoms. The smallest absolute Gasteiger partial charge is 0.279 e. The molecular weight excluding hydrogens is 244 g/mol. The van der Waals surface area contributed by atoms with Gasteiger partial charge in [0.2, 0.25) is 0 Å². The predicted molar refractivity (Wildman–Crippen MR) is 59.1 cm³/mol. The van der Waals surface area contributed by atoms with Gasteiger partial charge in [-0.2, -0.15) is 0 Å². The number of hydrogen-bond donors (Lipinski definition) is 0. The van der Waals surface area contributed by atoms with Gasteiger partial charge in [0.05, 0.1) is 16.7 Å². The summed E-state index contributed by atoms with van der Waals surface area (Å²) in [4.78, 5) is 25.3. The van der Waals surface area contributed by atoms with Gasteiger partial charge in [-0.25, -0.2) is 4.98 Å². The summed E-state index contributed by atoms with van der Waals surface area (Å²) in [5.41, 5.74) is -0.177. The number of rotatable bonds is 4. The summed E-state index contributed by atoms with van der Waals surface area (Å²) in [6.45, 7) is 0. The average Bonchev–Trinajstić information content (AvgIpc) is 2.81. The van der Waals surface area contributed by atoms with Gasteiger partial charge in [-0.05, 0) is 23.9 Å². The third-order valence-corrected chi connectivity index (χ3v) is 2.80. The van der Waals surface area contributed by atoms with E-state index in [1.807, 2.05) is 0 Å². The molecule has 0 saturated heterocycles. The van der Waals surface area contributed by atoms with Gasteiger partial charge < -0.3 is 4.42 Å². The number of nitro groups is 1. The van der Waals surface area contributed by atoms with Crippen LogP contribution in [0.15, 0.2) is 45.2 Å². The van der Waals surface area contributed by atoms with Crippen LogP contribution in [0, 0.1) is 10.1 Å². The Morgan fingerprint density at radius 1 is 1.47 bits per heavy atom. The van der Waals surface area contributed by atoms with Crippen LogP contribution in [0.3, 0.4) is 0 Å². The molecule has 0 N–H and O–H groups in total. The zero-order chi connectivity index (χ0) is 12.3. The van der Waals surface area contributed by atoms with E-state index in [2.05, 4.69) is 4.98 Å². The molecule has 1 aromatic heterocycles. The molecule has 1 heterocycles. The van der Waals surface area contributed by atoms with Crippen LogP contribution in [-0.4, -0.2) is 16.2 Å². The fourth-order valence-electron chi connectivity index (χ4n) is 1.22. The zero-order valence-electron chi connectivity index (χ0n) is 8.40. The summed E-state index contributed by atoms with van der Waals surface area (Å²) < 4.78 is 5.02. The normalized spacial score (nSPS) is 10.1. The van der Waals surface area contributed by atoms with Crippen LogP contribution < -0.4 is 0 Å². The fourth-order valence-corrected chi connectivity index (χ4v) is 1.96. The first-order valence-corrected chi connectivity index (χ1v) is 5.33. The van der Waals surface area contributed by atoms with E-state index in [-0.39, 0.29) is 11.3 Å². The number of carbonyl (C=O) groups is 1. The predicted octanol–water partition coefficient (Wildman–Crippen LogP) is 2.55. The first-order chi connectivity index (χ1) is 8.20. The highest BCUT2D eigenvalue weighted by Crippen LogP contribution is 2.29. The van der Waals surface area contributed by atoms with Crippen molar-refractivity contribution in [1.82, 2.24) is 4.98 Å². The number of nitrogens with zero attached hydrogens (tertiary/aromatic N) is 2. The van der Waals surface area contributed by atoms with Gasteiger partial charge in [-0.3, -0.25) is 14.9 Å². The molecule has 0 radical (unpaired) electrons. The molecule has 86 valence electrons. The van der Waals surface area contributed by atoms with Gasteiger partial charge in [0.15, 0.2) is 6.29 Å². The maximum atomic E-state index is 10.7. The first kappa shape index (κ1) is 11.3. The van der Waals surface area contributed by atoms with Gasteiger partial charge in [0.1, 0.15) is 6.26 Å². The van der Waals surface area contributed by atoms with Crippen molar-refractivity contribution < 1.29 is 14.1 Å². The van der Waals surface area contributed by atoms with Gasteiger partial charge >= 0.3 is 0 Å². The van der Waals surface area contributed by atoms with E-state index in [1.165, 1.54) is 36.4 Å². The summed E-state index contributed by atoms with van der Waals surface area (Å²) in [6.07, 6.45) is 3.38. The lowest BCUT2D eigenvalue weighted by molar-refractivity contribution is -0.385. The Morgan fingerprint density at radius 2 is 2.29 bits per heavy atom. The third kappa shape index (κ3) is 2.51. The van der Waals surface area contributed by atoms with Gasteiger partial charge in [-0.1, -0.05) is 0 Å². The summed E-state index contributed by atoms with van der Waals surface area (Å²) >= 11 is 1.18. The first-order valence-electron chi connectivity index (χ1n) is 4.51. The molecule has 0 aliphatic heterocycles. The molecule has 7 heteroatoms. The molecule has 0 fully saturated rings. The largest absolute Gasteiger partial charge is 0.440 e. The van der Waals surface area contributed by atoms with Gasteiger partial charge in [0, 0.05) is 11.0 Å². The van der Waals surface area contributed by atoms with Crippen molar-refractivity contribution >= 4 is 23.7 Å². The van der Waals surface area contributed by atoms with E-state index in [9.17, 15) is 14.9 Å². The topological polar surface area (TPSA) is 86.2 Å². The minimum atomic E-state index is -0.594. The van der Waals surface area contributed by atoms with E-state index < -0.39 is 4.92 Å². The number of carbonyl (C=O) groups excluding carboxylic acids is 1. The number of oxazole rings is 1. The van der Waals surface area contributed by atoms with Crippen LogP contribution >= 0.6 is 11.8 Å². The Hall–Kier alpha value is -2.15. The Bertz CT molecular complexity index is 553. The average molecular weight is 250 g/mol. The molecule has 1 aromatic carbocycles. The van der Waals surface area contributed by atoms with Crippen molar-refractivity contribution in [2.45, 2.75) is 10.1 Å². The number of hydrogen-bond acceptors (Lipinski definition) is 6. The molecule has 0 amide bonds. The van der Waals surface area contributed by atoms with Crippen molar-refractivity contribution in [3.63, 3.8) is 0 Å². The van der Waals surface area contributed by atoms with E-state index >= 15 is 0 Å². The monoisotopic (exact) mass is 250 g/mol. The minimum Gasteiger partial charge on any atom is -0.440 e. The van der Waals surface area contributed by atoms with Gasteiger partial charge in [-0.15, -0.1) is 0 Å². The highest BCUT2D eigenvalue weighted by atomic mass is 32.2. The summed E-state index contributed by atoms with van der Waals surface area (Å²) in [5.74, 6) is 0. The van der Waals surface area contributed by atoms with Crippen LogP contribution in [0.1, 0.15) is 10.4 Å². The van der Waals surface area contributed by atoms with Crippen LogP contribution in [0.25, 0.3) is 0 Å². The lowest BCUT2D eigenvalue weighted by Crippen LogP contribution is -1.94.